The van der Waals surface area contributed by atoms with Gasteiger partial charge in [-0.2, -0.15) is 0 Å². The minimum Gasteiger partial charge on any atom is -0.497 e. The number of ether oxygens (including phenoxy) is 3. The lowest BCUT2D eigenvalue weighted by atomic mass is 10.2. The van der Waals surface area contributed by atoms with Crippen LogP contribution in [0.1, 0.15) is 11.4 Å². The van der Waals surface area contributed by atoms with Crippen LogP contribution < -0.4 is 24.8 Å². The van der Waals surface area contributed by atoms with Gasteiger partial charge in [-0.3, -0.25) is 14.2 Å². The number of aryl methyl sites for hydroxylation is 1. The van der Waals surface area contributed by atoms with Crippen LogP contribution in [0.2, 0.25) is 5.02 Å². The summed E-state index contributed by atoms with van der Waals surface area (Å²) in [6.07, 6.45) is 0. The van der Waals surface area contributed by atoms with Gasteiger partial charge in [0, 0.05) is 16.8 Å². The molecule has 40 heavy (non-hydrogen) atoms. The summed E-state index contributed by atoms with van der Waals surface area (Å²) >= 11 is 7.09. The Morgan fingerprint density at radius 2 is 1.73 bits per heavy atom. The number of nitrogens with one attached hydrogen (secondary N) is 2. The Morgan fingerprint density at radius 3 is 2.45 bits per heavy atom. The van der Waals surface area contributed by atoms with Crippen LogP contribution in [0.25, 0.3) is 5.69 Å². The molecule has 208 valence electrons. The summed E-state index contributed by atoms with van der Waals surface area (Å²) in [6, 6.07) is 19.6. The zero-order valence-corrected chi connectivity index (χ0v) is 23.7. The monoisotopic (exact) mass is 581 g/mol. The quantitative estimate of drug-likeness (QED) is 0.232. The van der Waals surface area contributed by atoms with Crippen molar-refractivity contribution in [1.29, 1.82) is 0 Å². The molecule has 12 heteroatoms. The molecule has 4 aromatic rings. The Labute approximate surface area is 241 Å². The second-order valence-electron chi connectivity index (χ2n) is 8.50. The standard InChI is InChI=1S/C28H28ClN5O5S/c1-18-5-4-6-20(13-18)31-27(36)17-40-28-33-32-25(34(28)23-14-22(37-2)11-12-24(23)38-3)15-30-26(35)16-39-21-9-7-19(29)8-10-21/h4-14H,15-17H2,1-3H3,(H,30,35)(H,31,36). The summed E-state index contributed by atoms with van der Waals surface area (Å²) in [7, 11) is 3.11. The van der Waals surface area contributed by atoms with Crippen molar-refractivity contribution >= 4 is 40.9 Å². The van der Waals surface area contributed by atoms with Gasteiger partial charge in [0.15, 0.2) is 17.6 Å². The molecule has 1 aromatic heterocycles. The average molecular weight is 582 g/mol. The lowest BCUT2D eigenvalue weighted by molar-refractivity contribution is -0.123. The molecular formula is C28H28ClN5O5S. The minimum absolute atomic E-state index is 0.0478. The molecule has 0 aliphatic heterocycles. The van der Waals surface area contributed by atoms with Crippen LogP contribution in [-0.4, -0.2) is 53.2 Å². The number of amides is 2. The predicted molar refractivity (Wildman–Crippen MR) is 154 cm³/mol. The highest BCUT2D eigenvalue weighted by Gasteiger charge is 2.20. The molecule has 0 fully saturated rings. The molecule has 0 bridgehead atoms. The topological polar surface area (TPSA) is 117 Å². The molecule has 1 heterocycles. The maximum absolute atomic E-state index is 12.7. The molecule has 2 N–H and O–H groups in total. The number of anilines is 1. The maximum atomic E-state index is 12.7. The van der Waals surface area contributed by atoms with Gasteiger partial charge < -0.3 is 24.8 Å². The van der Waals surface area contributed by atoms with Crippen LogP contribution in [0.4, 0.5) is 5.69 Å². The lowest BCUT2D eigenvalue weighted by Gasteiger charge is -2.15. The van der Waals surface area contributed by atoms with Crippen LogP contribution in [-0.2, 0) is 16.1 Å². The molecule has 0 saturated carbocycles. The third-order valence-electron chi connectivity index (χ3n) is 5.59. The Kier molecular flexibility index (Phi) is 9.87. The zero-order chi connectivity index (χ0) is 28.5. The van der Waals surface area contributed by atoms with Crippen LogP contribution in [0.5, 0.6) is 17.2 Å². The van der Waals surface area contributed by atoms with Crippen molar-refractivity contribution < 1.29 is 23.8 Å². The van der Waals surface area contributed by atoms with Crippen molar-refractivity contribution in [1.82, 2.24) is 20.1 Å². The third kappa shape index (κ3) is 7.67. The van der Waals surface area contributed by atoms with Crippen LogP contribution in [0.3, 0.4) is 0 Å². The number of methoxy groups -OCH3 is 2. The molecule has 4 rings (SSSR count). The number of hydrogen-bond acceptors (Lipinski definition) is 8. The van der Waals surface area contributed by atoms with Crippen molar-refractivity contribution in [2.24, 2.45) is 0 Å². The Morgan fingerprint density at radius 1 is 0.950 bits per heavy atom. The van der Waals surface area contributed by atoms with E-state index in [1.54, 1.807) is 61.3 Å². The number of carbonyl (C=O) groups excluding carboxylic acids is 2. The van der Waals surface area contributed by atoms with E-state index in [0.717, 1.165) is 5.56 Å². The second-order valence-corrected chi connectivity index (χ2v) is 9.88. The van der Waals surface area contributed by atoms with Gasteiger partial charge in [0.2, 0.25) is 5.91 Å². The van der Waals surface area contributed by atoms with Crippen molar-refractivity contribution in [3.63, 3.8) is 0 Å². The number of benzene rings is 3. The van der Waals surface area contributed by atoms with Crippen molar-refractivity contribution in [2.75, 3.05) is 31.9 Å². The van der Waals surface area contributed by atoms with Crippen molar-refractivity contribution in [3.05, 3.63) is 83.1 Å². The minimum atomic E-state index is -0.353. The zero-order valence-electron chi connectivity index (χ0n) is 22.1. The first kappa shape index (κ1) is 28.8. The number of nitrogens with zero attached hydrogens (tertiary/aromatic N) is 3. The normalized spacial score (nSPS) is 10.6. The van der Waals surface area contributed by atoms with Crippen molar-refractivity contribution in [3.8, 4) is 22.9 Å². The first-order chi connectivity index (χ1) is 19.4. The van der Waals surface area contributed by atoms with Gasteiger partial charge in [-0.15, -0.1) is 10.2 Å². The highest BCUT2D eigenvalue weighted by atomic mass is 35.5. The van der Waals surface area contributed by atoms with Gasteiger partial charge in [-0.1, -0.05) is 35.5 Å². The first-order valence-electron chi connectivity index (χ1n) is 12.2. The smallest absolute Gasteiger partial charge is 0.258 e. The summed E-state index contributed by atoms with van der Waals surface area (Å²) in [6.45, 7) is 1.81. The van der Waals surface area contributed by atoms with Crippen LogP contribution >= 0.6 is 23.4 Å². The van der Waals surface area contributed by atoms with E-state index in [1.165, 1.54) is 11.8 Å². The van der Waals surface area contributed by atoms with E-state index >= 15 is 0 Å². The summed E-state index contributed by atoms with van der Waals surface area (Å²) in [5.41, 5.74) is 2.35. The van der Waals surface area contributed by atoms with Gasteiger partial charge in [0.05, 0.1) is 32.2 Å². The molecule has 0 saturated heterocycles. The molecule has 10 nitrogen and oxygen atoms in total. The van der Waals surface area contributed by atoms with Crippen molar-refractivity contribution in [2.45, 2.75) is 18.6 Å². The van der Waals surface area contributed by atoms with Gasteiger partial charge in [0.1, 0.15) is 17.2 Å². The highest BCUT2D eigenvalue weighted by molar-refractivity contribution is 7.99. The lowest BCUT2D eigenvalue weighted by Crippen LogP contribution is -2.29. The fourth-order valence-corrected chi connectivity index (χ4v) is 4.57. The van der Waals surface area contributed by atoms with Gasteiger partial charge in [0.25, 0.3) is 5.91 Å². The van der Waals surface area contributed by atoms with Gasteiger partial charge >= 0.3 is 0 Å². The van der Waals surface area contributed by atoms with E-state index in [9.17, 15) is 9.59 Å². The second kappa shape index (κ2) is 13.7. The summed E-state index contributed by atoms with van der Waals surface area (Å²) in [5.74, 6) is 1.60. The number of halogens is 1. The molecule has 0 radical (unpaired) electrons. The number of hydrogen-bond donors (Lipinski definition) is 2. The third-order valence-corrected chi connectivity index (χ3v) is 6.77. The SMILES string of the molecule is COc1ccc(OC)c(-n2c(CNC(=O)COc3ccc(Cl)cc3)nnc2SCC(=O)Nc2cccc(C)c2)c1. The number of aromatic nitrogens is 3. The molecule has 0 aliphatic rings. The van der Waals surface area contributed by atoms with E-state index in [4.69, 9.17) is 25.8 Å². The molecule has 0 atom stereocenters. The van der Waals surface area contributed by atoms with Gasteiger partial charge in [-0.05, 0) is 61.0 Å². The molecular weight excluding hydrogens is 554 g/mol. The Bertz CT molecular complexity index is 1480. The summed E-state index contributed by atoms with van der Waals surface area (Å²) < 4.78 is 18.2. The van der Waals surface area contributed by atoms with Crippen LogP contribution in [0, 0.1) is 6.92 Å². The molecule has 0 unspecified atom stereocenters. The molecule has 3 aromatic carbocycles. The summed E-state index contributed by atoms with van der Waals surface area (Å²) in [4.78, 5) is 25.2. The molecule has 0 spiro atoms. The number of carbonyl (C=O) groups is 2. The Hall–Kier alpha value is -4.22. The maximum Gasteiger partial charge on any atom is 0.258 e. The number of thioether (sulfide) groups is 1. The largest absolute Gasteiger partial charge is 0.497 e. The molecule has 0 aliphatic carbocycles. The highest BCUT2D eigenvalue weighted by Crippen LogP contribution is 2.32. The van der Waals surface area contributed by atoms with Gasteiger partial charge in [-0.25, -0.2) is 0 Å². The van der Waals surface area contributed by atoms with E-state index in [1.807, 2.05) is 31.2 Å². The molecule has 2 amide bonds. The summed E-state index contributed by atoms with van der Waals surface area (Å²) in [5, 5.41) is 15.3. The van der Waals surface area contributed by atoms with E-state index in [-0.39, 0.29) is 30.7 Å². The Balaban J connectivity index is 1.51. The van der Waals surface area contributed by atoms with E-state index < -0.39 is 0 Å². The first-order valence-corrected chi connectivity index (χ1v) is 13.5. The average Bonchev–Trinajstić information content (AvgIpc) is 3.36. The van der Waals surface area contributed by atoms with E-state index in [0.29, 0.717) is 44.6 Å². The van der Waals surface area contributed by atoms with E-state index in [2.05, 4.69) is 20.8 Å². The number of rotatable bonds is 12. The fourth-order valence-electron chi connectivity index (χ4n) is 3.68. The predicted octanol–water partition coefficient (Wildman–Crippen LogP) is 4.67. The fraction of sp³-hybridized carbons (Fsp3) is 0.214. The van der Waals surface area contributed by atoms with Crippen LogP contribution in [0.15, 0.2) is 71.9 Å².